The maximum Gasteiger partial charge on any atom is 0.295 e. The Morgan fingerprint density at radius 3 is 2.47 bits per heavy atom. The van der Waals surface area contributed by atoms with Crippen molar-refractivity contribution in [1.29, 1.82) is 0 Å². The lowest BCUT2D eigenvalue weighted by molar-refractivity contribution is 0.0746. The number of likely N-dealkylation sites (tertiary alicyclic amines) is 1. The molecule has 2 rings (SSSR count). The topological polar surface area (TPSA) is 59.2 Å². The smallest absolute Gasteiger partial charge is 0.295 e. The standard InChI is InChI=1S/C10H15N3O2/c1-8-11-9(12-15-8)10(14)13-6-4-2-3-5-7-13/h2-7H2,1H3. The van der Waals surface area contributed by atoms with Gasteiger partial charge in [0.2, 0.25) is 5.89 Å². The summed E-state index contributed by atoms with van der Waals surface area (Å²) in [5.74, 6) is 0.524. The Balaban J connectivity index is 2.06. The molecule has 1 aliphatic heterocycles. The lowest BCUT2D eigenvalue weighted by atomic mass is 10.2. The number of aromatic nitrogens is 2. The van der Waals surface area contributed by atoms with Gasteiger partial charge in [0.25, 0.3) is 11.7 Å². The van der Waals surface area contributed by atoms with E-state index in [0.29, 0.717) is 5.89 Å². The summed E-state index contributed by atoms with van der Waals surface area (Å²) in [7, 11) is 0. The predicted octanol–water partition coefficient (Wildman–Crippen LogP) is 1.39. The molecular formula is C10H15N3O2. The minimum atomic E-state index is -0.103. The van der Waals surface area contributed by atoms with Crippen LogP contribution in [0, 0.1) is 6.92 Å². The SMILES string of the molecule is Cc1nc(C(=O)N2CCCCCC2)no1. The molecule has 1 saturated heterocycles. The van der Waals surface area contributed by atoms with Gasteiger partial charge >= 0.3 is 0 Å². The number of rotatable bonds is 1. The third kappa shape index (κ3) is 2.34. The molecule has 0 atom stereocenters. The fraction of sp³-hybridized carbons (Fsp3) is 0.700. The third-order valence-electron chi connectivity index (χ3n) is 2.61. The summed E-state index contributed by atoms with van der Waals surface area (Å²) in [4.78, 5) is 17.7. The van der Waals surface area contributed by atoms with E-state index < -0.39 is 0 Å². The van der Waals surface area contributed by atoms with Gasteiger partial charge < -0.3 is 9.42 Å². The monoisotopic (exact) mass is 209 g/mol. The lowest BCUT2D eigenvalue weighted by Gasteiger charge is -2.17. The fourth-order valence-electron chi connectivity index (χ4n) is 1.80. The van der Waals surface area contributed by atoms with Crippen LogP contribution in [0.2, 0.25) is 0 Å². The van der Waals surface area contributed by atoms with E-state index in [1.807, 2.05) is 4.90 Å². The number of hydrogen-bond acceptors (Lipinski definition) is 4. The zero-order valence-corrected chi connectivity index (χ0v) is 8.90. The molecule has 0 unspecified atom stereocenters. The van der Waals surface area contributed by atoms with E-state index in [2.05, 4.69) is 10.1 Å². The highest BCUT2D eigenvalue weighted by Gasteiger charge is 2.21. The lowest BCUT2D eigenvalue weighted by Crippen LogP contribution is -2.32. The molecule has 1 fully saturated rings. The van der Waals surface area contributed by atoms with Crippen LogP contribution in [0.25, 0.3) is 0 Å². The van der Waals surface area contributed by atoms with Gasteiger partial charge in [0.05, 0.1) is 0 Å². The highest BCUT2D eigenvalue weighted by Crippen LogP contribution is 2.11. The van der Waals surface area contributed by atoms with Crippen molar-refractivity contribution in [3.05, 3.63) is 11.7 Å². The minimum Gasteiger partial charge on any atom is -0.339 e. The van der Waals surface area contributed by atoms with Crippen molar-refractivity contribution < 1.29 is 9.32 Å². The van der Waals surface area contributed by atoms with Crippen molar-refractivity contribution in [1.82, 2.24) is 15.0 Å². The summed E-state index contributed by atoms with van der Waals surface area (Å²) < 4.78 is 4.80. The van der Waals surface area contributed by atoms with E-state index in [0.717, 1.165) is 25.9 Å². The molecule has 0 spiro atoms. The number of hydrogen-bond donors (Lipinski definition) is 0. The Labute approximate surface area is 88.5 Å². The van der Waals surface area contributed by atoms with Crippen LogP contribution >= 0.6 is 0 Å². The molecule has 0 aliphatic carbocycles. The molecule has 15 heavy (non-hydrogen) atoms. The minimum absolute atomic E-state index is 0.103. The van der Waals surface area contributed by atoms with E-state index in [9.17, 15) is 4.79 Å². The summed E-state index contributed by atoms with van der Waals surface area (Å²) >= 11 is 0. The Bertz CT molecular complexity index is 340. The molecule has 1 aromatic rings. The largest absolute Gasteiger partial charge is 0.339 e. The van der Waals surface area contributed by atoms with Crippen molar-refractivity contribution >= 4 is 5.91 Å². The number of aryl methyl sites for hydroxylation is 1. The first kappa shape index (κ1) is 10.1. The van der Waals surface area contributed by atoms with Crippen molar-refractivity contribution in [2.24, 2.45) is 0 Å². The Morgan fingerprint density at radius 1 is 1.27 bits per heavy atom. The van der Waals surface area contributed by atoms with E-state index in [-0.39, 0.29) is 11.7 Å². The summed E-state index contributed by atoms with van der Waals surface area (Å²) in [6.07, 6.45) is 4.55. The first-order chi connectivity index (χ1) is 7.27. The van der Waals surface area contributed by atoms with Gasteiger partial charge in [-0.1, -0.05) is 18.0 Å². The van der Waals surface area contributed by atoms with Gasteiger partial charge in [0, 0.05) is 20.0 Å². The molecular weight excluding hydrogens is 194 g/mol. The predicted molar refractivity (Wildman–Crippen MR) is 53.4 cm³/mol. The van der Waals surface area contributed by atoms with Crippen LogP contribution in [-0.4, -0.2) is 34.0 Å². The molecule has 1 amide bonds. The van der Waals surface area contributed by atoms with Gasteiger partial charge in [0.15, 0.2) is 0 Å². The van der Waals surface area contributed by atoms with Gasteiger partial charge in [-0.15, -0.1) is 0 Å². The van der Waals surface area contributed by atoms with E-state index in [1.54, 1.807) is 6.92 Å². The maximum absolute atomic E-state index is 11.9. The average molecular weight is 209 g/mol. The normalized spacial score (nSPS) is 17.5. The molecule has 2 heterocycles. The van der Waals surface area contributed by atoms with Crippen molar-refractivity contribution in [3.63, 3.8) is 0 Å². The molecule has 0 bridgehead atoms. The van der Waals surface area contributed by atoms with Crippen LogP contribution in [0.5, 0.6) is 0 Å². The fourth-order valence-corrected chi connectivity index (χ4v) is 1.80. The Kier molecular flexibility index (Phi) is 2.99. The Hall–Kier alpha value is -1.39. The Morgan fingerprint density at radius 2 is 1.93 bits per heavy atom. The van der Waals surface area contributed by atoms with E-state index in [1.165, 1.54) is 12.8 Å². The van der Waals surface area contributed by atoms with E-state index >= 15 is 0 Å². The third-order valence-corrected chi connectivity index (χ3v) is 2.61. The van der Waals surface area contributed by atoms with Crippen LogP contribution < -0.4 is 0 Å². The van der Waals surface area contributed by atoms with Gasteiger partial charge in [-0.2, -0.15) is 4.98 Å². The molecule has 0 radical (unpaired) electrons. The highest BCUT2D eigenvalue weighted by molar-refractivity contribution is 5.90. The second kappa shape index (κ2) is 4.42. The highest BCUT2D eigenvalue weighted by atomic mass is 16.5. The van der Waals surface area contributed by atoms with Crippen LogP contribution in [0.4, 0.5) is 0 Å². The molecule has 0 aromatic carbocycles. The molecule has 82 valence electrons. The van der Waals surface area contributed by atoms with Crippen LogP contribution in [0.1, 0.15) is 42.2 Å². The average Bonchev–Trinajstić information content (AvgIpc) is 2.53. The van der Waals surface area contributed by atoms with Crippen molar-refractivity contribution in [2.75, 3.05) is 13.1 Å². The zero-order chi connectivity index (χ0) is 10.7. The van der Waals surface area contributed by atoms with Crippen molar-refractivity contribution in [2.45, 2.75) is 32.6 Å². The van der Waals surface area contributed by atoms with Gasteiger partial charge in [0.1, 0.15) is 0 Å². The summed E-state index contributed by atoms with van der Waals surface area (Å²) in [5, 5.41) is 3.64. The molecule has 1 aromatic heterocycles. The quantitative estimate of drug-likeness (QED) is 0.701. The van der Waals surface area contributed by atoms with Crippen molar-refractivity contribution in [3.8, 4) is 0 Å². The van der Waals surface area contributed by atoms with Gasteiger partial charge in [-0.3, -0.25) is 4.79 Å². The number of amides is 1. The summed E-state index contributed by atoms with van der Waals surface area (Å²) in [5.41, 5.74) is 0. The molecule has 5 heteroatoms. The molecule has 1 aliphatic rings. The first-order valence-corrected chi connectivity index (χ1v) is 5.37. The summed E-state index contributed by atoms with van der Waals surface area (Å²) in [6, 6.07) is 0. The molecule has 0 N–H and O–H groups in total. The van der Waals surface area contributed by atoms with Gasteiger partial charge in [-0.25, -0.2) is 0 Å². The van der Waals surface area contributed by atoms with Crippen LogP contribution in [0.3, 0.4) is 0 Å². The molecule has 0 saturated carbocycles. The summed E-state index contributed by atoms with van der Waals surface area (Å²) in [6.45, 7) is 3.31. The van der Waals surface area contributed by atoms with Crippen LogP contribution in [0.15, 0.2) is 4.52 Å². The molecule has 5 nitrogen and oxygen atoms in total. The number of carbonyl (C=O) groups excluding carboxylic acids is 1. The van der Waals surface area contributed by atoms with Gasteiger partial charge in [-0.05, 0) is 12.8 Å². The number of carbonyl (C=O) groups is 1. The number of nitrogens with zero attached hydrogens (tertiary/aromatic N) is 3. The first-order valence-electron chi connectivity index (χ1n) is 5.37. The zero-order valence-electron chi connectivity index (χ0n) is 8.90. The maximum atomic E-state index is 11.9. The second-order valence-electron chi connectivity index (χ2n) is 3.84. The van der Waals surface area contributed by atoms with Crippen LogP contribution in [-0.2, 0) is 0 Å². The van der Waals surface area contributed by atoms with E-state index in [4.69, 9.17) is 4.52 Å². The second-order valence-corrected chi connectivity index (χ2v) is 3.84.